The van der Waals surface area contributed by atoms with Crippen LogP contribution in [0.15, 0.2) is 47.5 Å². The first-order chi connectivity index (χ1) is 14.5. The molecule has 1 amide bonds. The number of methoxy groups -OCH3 is 1. The molecule has 1 aromatic carbocycles. The number of carbonyl (C=O) groups is 1. The zero-order valence-electron chi connectivity index (χ0n) is 17.0. The molecule has 0 saturated carbocycles. The van der Waals surface area contributed by atoms with Gasteiger partial charge in [-0.3, -0.25) is 9.36 Å². The molecule has 30 heavy (non-hydrogen) atoms. The lowest BCUT2D eigenvalue weighted by atomic mass is 9.96. The smallest absolute Gasteiger partial charge is 0.330 e. The number of aromatic nitrogens is 4. The molecule has 9 nitrogen and oxygen atoms in total. The van der Waals surface area contributed by atoms with Gasteiger partial charge in [0.1, 0.15) is 0 Å². The maximum atomic E-state index is 12.8. The van der Waals surface area contributed by atoms with Crippen molar-refractivity contribution < 1.29 is 9.53 Å². The number of piperidine rings is 1. The van der Waals surface area contributed by atoms with E-state index >= 15 is 0 Å². The maximum absolute atomic E-state index is 12.8. The maximum Gasteiger partial charge on any atom is 0.330 e. The van der Waals surface area contributed by atoms with E-state index in [1.807, 2.05) is 25.1 Å². The van der Waals surface area contributed by atoms with Crippen LogP contribution in [-0.2, 0) is 4.79 Å². The van der Waals surface area contributed by atoms with Gasteiger partial charge in [0.05, 0.1) is 12.8 Å². The minimum atomic E-state index is -0.205. The van der Waals surface area contributed by atoms with Crippen molar-refractivity contribution in [2.45, 2.75) is 19.8 Å². The predicted octanol–water partition coefficient (Wildman–Crippen LogP) is 2.13. The van der Waals surface area contributed by atoms with E-state index in [-0.39, 0.29) is 17.5 Å². The number of H-pyrrole nitrogens is 1. The summed E-state index contributed by atoms with van der Waals surface area (Å²) in [5.74, 6) is 1.04. The number of nitrogens with one attached hydrogen (secondary N) is 2. The average Bonchev–Trinajstić information content (AvgIpc) is 3.12. The molecule has 1 aliphatic heterocycles. The van der Waals surface area contributed by atoms with Gasteiger partial charge in [-0.1, -0.05) is 6.07 Å². The molecule has 0 aliphatic carbocycles. The largest absolute Gasteiger partial charge is 0.481 e. The summed E-state index contributed by atoms with van der Waals surface area (Å²) in [6.45, 7) is 3.25. The number of aromatic amines is 1. The Kier molecular flexibility index (Phi) is 5.51. The van der Waals surface area contributed by atoms with Gasteiger partial charge >= 0.3 is 5.69 Å². The molecular formula is C21H24N6O3. The van der Waals surface area contributed by atoms with Crippen LogP contribution in [0, 0.1) is 12.8 Å². The van der Waals surface area contributed by atoms with Gasteiger partial charge in [0.25, 0.3) is 0 Å². The predicted molar refractivity (Wildman–Crippen MR) is 113 cm³/mol. The Labute approximate surface area is 173 Å². The molecule has 0 radical (unpaired) electrons. The summed E-state index contributed by atoms with van der Waals surface area (Å²) in [5.41, 5.74) is 1.98. The minimum absolute atomic E-state index is 0.0171. The second kappa shape index (κ2) is 8.40. The van der Waals surface area contributed by atoms with E-state index in [0.29, 0.717) is 49.1 Å². The molecule has 2 N–H and O–H groups in total. The van der Waals surface area contributed by atoms with Crippen LogP contribution in [0.3, 0.4) is 0 Å². The molecular weight excluding hydrogens is 384 g/mol. The van der Waals surface area contributed by atoms with Gasteiger partial charge in [-0.2, -0.15) is 4.98 Å². The van der Waals surface area contributed by atoms with Crippen LogP contribution in [0.4, 0.5) is 11.6 Å². The van der Waals surface area contributed by atoms with Gasteiger partial charge in [-0.05, 0) is 38.0 Å². The van der Waals surface area contributed by atoms with E-state index in [2.05, 4.69) is 25.2 Å². The Balaban J connectivity index is 1.40. The molecule has 3 heterocycles. The molecule has 3 aromatic rings. The van der Waals surface area contributed by atoms with Crippen molar-refractivity contribution in [2.75, 3.05) is 30.4 Å². The number of nitrogens with zero attached hydrogens (tertiary/aromatic N) is 4. The fourth-order valence-corrected chi connectivity index (χ4v) is 3.68. The summed E-state index contributed by atoms with van der Waals surface area (Å²) < 4.78 is 6.73. The quantitative estimate of drug-likeness (QED) is 0.670. The summed E-state index contributed by atoms with van der Waals surface area (Å²) in [6, 6.07) is 9.00. The number of ether oxygens (including phenoxy) is 1. The van der Waals surface area contributed by atoms with Crippen molar-refractivity contribution in [2.24, 2.45) is 5.92 Å². The van der Waals surface area contributed by atoms with Gasteiger partial charge in [-0.15, -0.1) is 0 Å². The molecule has 1 aliphatic rings. The summed E-state index contributed by atoms with van der Waals surface area (Å²) in [5, 5.41) is 2.99. The number of imidazole rings is 1. The fraction of sp³-hybridized carbons (Fsp3) is 0.333. The van der Waals surface area contributed by atoms with Crippen molar-refractivity contribution >= 4 is 17.5 Å². The van der Waals surface area contributed by atoms with E-state index in [1.165, 1.54) is 0 Å². The van der Waals surface area contributed by atoms with Crippen molar-refractivity contribution in [3.05, 3.63) is 58.9 Å². The second-order valence-corrected chi connectivity index (χ2v) is 7.27. The Bertz CT molecular complexity index is 1100. The number of aryl methyl sites for hydroxylation is 1. The number of amides is 1. The van der Waals surface area contributed by atoms with Gasteiger partial charge in [0, 0.05) is 48.8 Å². The monoisotopic (exact) mass is 408 g/mol. The average molecular weight is 408 g/mol. The number of rotatable bonds is 5. The Morgan fingerprint density at radius 2 is 2.07 bits per heavy atom. The third-order valence-electron chi connectivity index (χ3n) is 5.31. The SMILES string of the molecule is COc1ccnc(N2CCC(C(=O)Nc3cccc(-n4c(C)c[nH]c4=O)c3)CC2)n1. The first-order valence-corrected chi connectivity index (χ1v) is 9.85. The molecule has 1 saturated heterocycles. The lowest BCUT2D eigenvalue weighted by Gasteiger charge is -2.31. The number of carbonyl (C=O) groups excluding carboxylic acids is 1. The normalized spacial score (nSPS) is 14.5. The highest BCUT2D eigenvalue weighted by molar-refractivity contribution is 5.93. The standard InChI is InChI=1S/C21H24N6O3/c1-14-13-23-21(29)27(14)17-5-3-4-16(12-17)24-19(28)15-7-10-26(11-8-15)20-22-9-6-18(25-20)30-2/h3-6,9,12-13,15H,7-8,10-11H2,1-2H3,(H,23,29)(H,24,28). The highest BCUT2D eigenvalue weighted by Crippen LogP contribution is 2.24. The van der Waals surface area contributed by atoms with Crippen molar-refractivity contribution in [1.82, 2.24) is 19.5 Å². The topological polar surface area (TPSA) is 105 Å². The molecule has 0 bridgehead atoms. The van der Waals surface area contributed by atoms with Crippen LogP contribution in [0.1, 0.15) is 18.5 Å². The Morgan fingerprint density at radius 3 is 2.77 bits per heavy atom. The zero-order valence-corrected chi connectivity index (χ0v) is 17.0. The van der Waals surface area contributed by atoms with Crippen molar-refractivity contribution in [1.29, 1.82) is 0 Å². The van der Waals surface area contributed by atoms with E-state index in [9.17, 15) is 9.59 Å². The third kappa shape index (κ3) is 4.05. The van der Waals surface area contributed by atoms with Gasteiger partial charge in [-0.25, -0.2) is 9.78 Å². The van der Waals surface area contributed by atoms with Crippen LogP contribution in [-0.4, -0.2) is 45.6 Å². The van der Waals surface area contributed by atoms with Crippen molar-refractivity contribution in [3.8, 4) is 11.6 Å². The number of hydrogen-bond acceptors (Lipinski definition) is 6. The summed E-state index contributed by atoms with van der Waals surface area (Å²) in [7, 11) is 1.57. The molecule has 2 aromatic heterocycles. The zero-order chi connectivity index (χ0) is 21.1. The lowest BCUT2D eigenvalue weighted by molar-refractivity contribution is -0.120. The molecule has 0 unspecified atom stereocenters. The van der Waals surface area contributed by atoms with Crippen LogP contribution in [0.25, 0.3) is 5.69 Å². The number of benzene rings is 1. The second-order valence-electron chi connectivity index (χ2n) is 7.27. The number of hydrogen-bond donors (Lipinski definition) is 2. The van der Waals surface area contributed by atoms with Crippen LogP contribution < -0.4 is 20.6 Å². The van der Waals surface area contributed by atoms with E-state index in [0.717, 1.165) is 5.69 Å². The number of anilines is 2. The highest BCUT2D eigenvalue weighted by Gasteiger charge is 2.26. The molecule has 1 fully saturated rings. The first kappa shape index (κ1) is 19.7. The lowest BCUT2D eigenvalue weighted by Crippen LogP contribution is -2.39. The summed E-state index contributed by atoms with van der Waals surface area (Å²) in [4.78, 5) is 38.2. The molecule has 0 atom stereocenters. The van der Waals surface area contributed by atoms with Crippen LogP contribution in [0.2, 0.25) is 0 Å². The summed E-state index contributed by atoms with van der Waals surface area (Å²) in [6.07, 6.45) is 4.75. The molecule has 0 spiro atoms. The summed E-state index contributed by atoms with van der Waals surface area (Å²) >= 11 is 0. The van der Waals surface area contributed by atoms with Crippen LogP contribution in [0.5, 0.6) is 5.88 Å². The Hall–Kier alpha value is -3.62. The Morgan fingerprint density at radius 1 is 1.27 bits per heavy atom. The minimum Gasteiger partial charge on any atom is -0.481 e. The molecule has 9 heteroatoms. The van der Waals surface area contributed by atoms with E-state index < -0.39 is 0 Å². The third-order valence-corrected chi connectivity index (χ3v) is 5.31. The fourth-order valence-electron chi connectivity index (χ4n) is 3.68. The van der Waals surface area contributed by atoms with E-state index in [4.69, 9.17) is 4.74 Å². The van der Waals surface area contributed by atoms with Gasteiger partial charge in [0.15, 0.2) is 0 Å². The highest BCUT2D eigenvalue weighted by atomic mass is 16.5. The van der Waals surface area contributed by atoms with Crippen molar-refractivity contribution in [3.63, 3.8) is 0 Å². The van der Waals surface area contributed by atoms with Gasteiger partial charge in [0.2, 0.25) is 17.7 Å². The molecule has 4 rings (SSSR count). The van der Waals surface area contributed by atoms with Crippen LogP contribution >= 0.6 is 0 Å². The first-order valence-electron chi connectivity index (χ1n) is 9.85. The molecule has 156 valence electrons. The van der Waals surface area contributed by atoms with E-state index in [1.54, 1.807) is 36.2 Å². The van der Waals surface area contributed by atoms with Gasteiger partial charge < -0.3 is 19.9 Å².